The molecule has 0 radical (unpaired) electrons. The monoisotopic (exact) mass is 587 g/mol. The number of unbranched alkanes of at least 4 members (excludes halogenated alkanes) is 2. The molecule has 0 bridgehead atoms. The fraction of sp³-hybridized carbons (Fsp3) is 0.389. The highest BCUT2D eigenvalue weighted by Gasteiger charge is 2.13. The molecule has 0 aliphatic carbocycles. The number of hydrazine groups is 1. The third-order valence-corrected chi connectivity index (χ3v) is 6.93. The molecule has 7 heteroatoms. The molecule has 0 aliphatic rings. The molecule has 0 aromatic heterocycles. The summed E-state index contributed by atoms with van der Waals surface area (Å²) in [5.41, 5.74) is 5.10. The van der Waals surface area contributed by atoms with Crippen molar-refractivity contribution in [2.45, 2.75) is 85.6 Å². The summed E-state index contributed by atoms with van der Waals surface area (Å²) < 4.78 is 0. The van der Waals surface area contributed by atoms with E-state index in [4.69, 9.17) is 0 Å². The van der Waals surface area contributed by atoms with Crippen molar-refractivity contribution >= 4 is 34.4 Å². The Labute approximate surface area is 257 Å². The van der Waals surface area contributed by atoms with Gasteiger partial charge in [-0.1, -0.05) is 82.6 Å². The van der Waals surface area contributed by atoms with E-state index in [0.717, 1.165) is 61.8 Å². The molecule has 3 aromatic carbocycles. The standard InChI is InChI=1S/C34H39NO4.C2H6.H4N2/c1-24(2)32-21-26(19-29-10-6-7-11-31(29)32)9-5-4-8-18-35-22-27-13-14-28(30(20-27)23-36)15-17-34(39)33(38)16-12-25(3)37;2*1-2/h6-7,10-14,16,19-21,23-24,35H,4-5,8-9,15,17-18,22H2,1-3H3;1-2H3;1-2H2/b16-12+;;. The van der Waals surface area contributed by atoms with Gasteiger partial charge >= 0.3 is 0 Å². The molecule has 0 amide bonds. The lowest BCUT2D eigenvalue weighted by atomic mass is 9.92. The van der Waals surface area contributed by atoms with Crippen molar-refractivity contribution in [1.82, 2.24) is 5.32 Å². The molecule has 3 aromatic rings. The second kappa shape index (κ2) is 21.0. The lowest BCUT2D eigenvalue weighted by Gasteiger charge is -2.13. The molecular weight excluding hydrogens is 538 g/mol. The molecule has 7 nitrogen and oxygen atoms in total. The predicted molar refractivity (Wildman–Crippen MR) is 177 cm³/mol. The van der Waals surface area contributed by atoms with Gasteiger partial charge in [0, 0.05) is 18.5 Å². The molecule has 0 heterocycles. The van der Waals surface area contributed by atoms with Crippen LogP contribution < -0.4 is 17.0 Å². The van der Waals surface area contributed by atoms with Gasteiger partial charge in [0.15, 0.2) is 5.78 Å². The van der Waals surface area contributed by atoms with E-state index in [0.29, 0.717) is 24.4 Å². The number of aryl methyl sites for hydroxylation is 2. The number of fused-ring (bicyclic) bond motifs is 1. The summed E-state index contributed by atoms with van der Waals surface area (Å²) in [7, 11) is 0. The molecular formula is C36H49N3O4. The highest BCUT2D eigenvalue weighted by atomic mass is 16.2. The van der Waals surface area contributed by atoms with E-state index >= 15 is 0 Å². The SMILES string of the molecule is CC.CC(=O)/C=C/C(=O)C(=O)CCc1ccc(CNCCCCCc2cc(C(C)C)c3ccccc3c2)cc1C=O.NN. The van der Waals surface area contributed by atoms with E-state index in [9.17, 15) is 19.2 Å². The Morgan fingerprint density at radius 3 is 2.26 bits per heavy atom. The molecule has 0 unspecified atom stereocenters. The lowest BCUT2D eigenvalue weighted by molar-refractivity contribution is -0.133. The van der Waals surface area contributed by atoms with Crippen LogP contribution in [0.2, 0.25) is 0 Å². The van der Waals surface area contributed by atoms with Crippen LogP contribution in [0.25, 0.3) is 10.8 Å². The van der Waals surface area contributed by atoms with Gasteiger partial charge in [0.05, 0.1) is 0 Å². The number of hydrogen-bond donors (Lipinski definition) is 3. The highest BCUT2D eigenvalue weighted by molar-refractivity contribution is 6.42. The van der Waals surface area contributed by atoms with Gasteiger partial charge in [-0.15, -0.1) is 0 Å². The maximum absolute atomic E-state index is 12.0. The molecule has 3 rings (SSSR count). The van der Waals surface area contributed by atoms with Crippen LogP contribution in [0.3, 0.4) is 0 Å². The van der Waals surface area contributed by atoms with E-state index in [1.807, 2.05) is 32.0 Å². The van der Waals surface area contributed by atoms with Crippen LogP contribution in [0.4, 0.5) is 0 Å². The minimum Gasteiger partial charge on any atom is -0.313 e. The lowest BCUT2D eigenvalue weighted by Crippen LogP contribution is -2.15. The average Bonchev–Trinajstić information content (AvgIpc) is 3.03. The largest absolute Gasteiger partial charge is 0.313 e. The summed E-state index contributed by atoms with van der Waals surface area (Å²) in [6.07, 6.45) is 7.63. The first-order valence-electron chi connectivity index (χ1n) is 15.2. The molecule has 0 saturated heterocycles. The first-order chi connectivity index (χ1) is 20.8. The highest BCUT2D eigenvalue weighted by Crippen LogP contribution is 2.28. The van der Waals surface area contributed by atoms with E-state index in [1.165, 1.54) is 28.8 Å². The summed E-state index contributed by atoms with van der Waals surface area (Å²) in [4.78, 5) is 46.3. The molecule has 0 spiro atoms. The number of rotatable bonds is 16. The van der Waals surface area contributed by atoms with Gasteiger partial charge in [0.1, 0.15) is 6.29 Å². The Hall–Kier alpha value is -3.78. The van der Waals surface area contributed by atoms with E-state index in [1.54, 1.807) is 0 Å². The Bertz CT molecular complexity index is 1360. The number of aldehydes is 1. The van der Waals surface area contributed by atoms with Crippen LogP contribution in [0.15, 0.2) is 66.7 Å². The summed E-state index contributed by atoms with van der Waals surface area (Å²) in [6, 6.07) is 19.0. The Balaban J connectivity index is 0.00000221. The number of carbonyl (C=O) groups excluding carboxylic acids is 4. The average molecular weight is 588 g/mol. The van der Waals surface area contributed by atoms with Crippen LogP contribution in [-0.2, 0) is 33.8 Å². The molecule has 43 heavy (non-hydrogen) atoms. The van der Waals surface area contributed by atoms with Gasteiger partial charge in [-0.25, -0.2) is 0 Å². The fourth-order valence-electron chi connectivity index (χ4n) is 4.76. The van der Waals surface area contributed by atoms with Gasteiger partial charge < -0.3 is 5.32 Å². The molecule has 232 valence electrons. The predicted octanol–water partition coefficient (Wildman–Crippen LogP) is 6.34. The van der Waals surface area contributed by atoms with Gasteiger partial charge in [-0.3, -0.25) is 30.9 Å². The maximum atomic E-state index is 12.0. The number of nitrogens with two attached hydrogens (primary N) is 2. The Morgan fingerprint density at radius 2 is 1.58 bits per heavy atom. The van der Waals surface area contributed by atoms with Crippen LogP contribution in [0.5, 0.6) is 0 Å². The van der Waals surface area contributed by atoms with Gasteiger partial charge in [0.2, 0.25) is 11.6 Å². The van der Waals surface area contributed by atoms with E-state index < -0.39 is 11.6 Å². The Morgan fingerprint density at radius 1 is 0.860 bits per heavy atom. The molecule has 0 aliphatic heterocycles. The minimum absolute atomic E-state index is 0.00248. The number of hydrogen-bond acceptors (Lipinski definition) is 7. The summed E-state index contributed by atoms with van der Waals surface area (Å²) >= 11 is 0. The normalized spacial score (nSPS) is 10.6. The van der Waals surface area contributed by atoms with Crippen LogP contribution in [0.1, 0.15) is 98.8 Å². The van der Waals surface area contributed by atoms with E-state index in [-0.39, 0.29) is 12.2 Å². The molecule has 0 saturated carbocycles. The summed E-state index contributed by atoms with van der Waals surface area (Å²) in [5.74, 6) is 6.94. The van der Waals surface area contributed by atoms with Crippen molar-refractivity contribution in [2.75, 3.05) is 6.54 Å². The third-order valence-electron chi connectivity index (χ3n) is 6.93. The smallest absolute Gasteiger partial charge is 0.221 e. The zero-order valence-electron chi connectivity index (χ0n) is 26.5. The van der Waals surface area contributed by atoms with Gasteiger partial charge in [0.25, 0.3) is 0 Å². The van der Waals surface area contributed by atoms with Crippen molar-refractivity contribution in [2.24, 2.45) is 11.7 Å². The van der Waals surface area contributed by atoms with Crippen molar-refractivity contribution < 1.29 is 19.2 Å². The third kappa shape index (κ3) is 13.0. The second-order valence-corrected chi connectivity index (χ2v) is 10.4. The molecule has 0 atom stereocenters. The summed E-state index contributed by atoms with van der Waals surface area (Å²) in [6.45, 7) is 11.4. The summed E-state index contributed by atoms with van der Waals surface area (Å²) in [5, 5.41) is 6.14. The first kappa shape index (κ1) is 37.2. The van der Waals surface area contributed by atoms with Gasteiger partial charge in [-0.2, -0.15) is 0 Å². The van der Waals surface area contributed by atoms with E-state index in [2.05, 4.69) is 67.2 Å². The van der Waals surface area contributed by atoms with Crippen LogP contribution in [-0.4, -0.2) is 30.2 Å². The van der Waals surface area contributed by atoms with Crippen molar-refractivity contribution in [3.63, 3.8) is 0 Å². The quantitative estimate of drug-likeness (QED) is 0.0445. The van der Waals surface area contributed by atoms with Crippen molar-refractivity contribution in [3.05, 3.63) is 94.6 Å². The zero-order valence-corrected chi connectivity index (χ0v) is 26.5. The topological polar surface area (TPSA) is 132 Å². The van der Waals surface area contributed by atoms with Crippen LogP contribution >= 0.6 is 0 Å². The fourth-order valence-corrected chi connectivity index (χ4v) is 4.76. The molecule has 5 N–H and O–H groups in total. The number of carbonyl (C=O) groups is 4. The minimum atomic E-state index is -0.698. The second-order valence-electron chi connectivity index (χ2n) is 10.4. The van der Waals surface area contributed by atoms with Crippen molar-refractivity contribution in [1.29, 1.82) is 0 Å². The first-order valence-corrected chi connectivity index (χ1v) is 15.2. The maximum Gasteiger partial charge on any atom is 0.221 e. The number of nitrogens with one attached hydrogen (secondary N) is 1. The van der Waals surface area contributed by atoms with Crippen LogP contribution in [0, 0.1) is 0 Å². The molecule has 0 fully saturated rings. The zero-order chi connectivity index (χ0) is 32.2. The van der Waals surface area contributed by atoms with Gasteiger partial charge in [-0.05, 0) is 96.3 Å². The number of allylic oxidation sites excluding steroid dienone is 2. The number of ketones is 3. The number of benzene rings is 3. The van der Waals surface area contributed by atoms with Crippen molar-refractivity contribution in [3.8, 4) is 0 Å². The Kier molecular flexibility index (Phi) is 18.2. The number of Topliss-reactive ketones (excluding diaryl/α,β-unsaturated/α-hetero) is 1.